The molecule has 0 aliphatic carbocycles. The van der Waals surface area contributed by atoms with Gasteiger partial charge in [0.25, 0.3) is 0 Å². The van der Waals surface area contributed by atoms with E-state index in [9.17, 15) is 14.4 Å². The topological polar surface area (TPSA) is 113 Å². The van der Waals surface area contributed by atoms with Crippen LogP contribution in [0.25, 0.3) is 0 Å². The Morgan fingerprint density at radius 3 is 1.10 bits per heavy atom. The minimum atomic E-state index is -0.607. The van der Waals surface area contributed by atoms with E-state index in [1.54, 1.807) is 48.5 Å². The molecule has 0 unspecified atom stereocenters. The van der Waals surface area contributed by atoms with Crippen LogP contribution in [0.2, 0.25) is 0 Å². The maximum Gasteiger partial charge on any atom is 0.343 e. The predicted octanol–water partition coefficient (Wildman–Crippen LogP) is 15.0. The molecule has 0 amide bonds. The molecule has 0 heterocycles. The van der Waals surface area contributed by atoms with Gasteiger partial charge >= 0.3 is 17.9 Å². The monoisotopic (exact) mass is 838 g/mol. The first kappa shape index (κ1) is 47.0. The van der Waals surface area contributed by atoms with Gasteiger partial charge in [0.2, 0.25) is 0 Å². The van der Waals surface area contributed by atoms with Crippen molar-refractivity contribution in [1.82, 2.24) is 0 Å². The lowest BCUT2D eigenvalue weighted by molar-refractivity contribution is 0.0725. The van der Waals surface area contributed by atoms with E-state index in [1.165, 1.54) is 144 Å². The molecule has 5 aromatic rings. The summed E-state index contributed by atoms with van der Waals surface area (Å²) >= 11 is 0. The maximum absolute atomic E-state index is 12.8. The van der Waals surface area contributed by atoms with E-state index in [1.807, 2.05) is 12.1 Å². The van der Waals surface area contributed by atoms with Gasteiger partial charge in [-0.1, -0.05) is 116 Å². The molecule has 0 aliphatic heterocycles. The minimum Gasteiger partial charge on any atom is -0.494 e. The van der Waals surface area contributed by atoms with Crippen molar-refractivity contribution in [2.75, 3.05) is 6.61 Å². The van der Waals surface area contributed by atoms with Crippen molar-refractivity contribution in [3.63, 3.8) is 0 Å². The van der Waals surface area contributed by atoms with Crippen molar-refractivity contribution < 1.29 is 33.3 Å². The first-order valence-corrected chi connectivity index (χ1v) is 22.6. The van der Waals surface area contributed by atoms with Crippen molar-refractivity contribution >= 4 is 29.3 Å². The molecule has 9 nitrogen and oxygen atoms in total. The fraction of sp³-hybridized carbons (Fsp3) is 0.377. The molecular formula is C53H62N2O7. The highest BCUT2D eigenvalue weighted by atomic mass is 16.5. The predicted molar refractivity (Wildman–Crippen MR) is 246 cm³/mol. The molecule has 5 rings (SSSR count). The Hall–Kier alpha value is -6.09. The third kappa shape index (κ3) is 17.1. The van der Waals surface area contributed by atoms with Crippen molar-refractivity contribution in [3.05, 3.63) is 144 Å². The number of carbonyl (C=O) groups excluding carboxylic acids is 3. The average Bonchev–Trinajstić information content (AvgIpc) is 3.30. The van der Waals surface area contributed by atoms with Gasteiger partial charge < -0.3 is 18.9 Å². The van der Waals surface area contributed by atoms with E-state index < -0.39 is 17.9 Å². The molecule has 0 aromatic heterocycles. The number of carbonyl (C=O) groups is 3. The van der Waals surface area contributed by atoms with Crippen LogP contribution in [0.3, 0.4) is 0 Å². The Labute approximate surface area is 367 Å². The number of hydrogen-bond donors (Lipinski definition) is 0. The van der Waals surface area contributed by atoms with Crippen LogP contribution >= 0.6 is 0 Å². The highest BCUT2D eigenvalue weighted by molar-refractivity contribution is 5.93. The zero-order valence-corrected chi connectivity index (χ0v) is 36.5. The van der Waals surface area contributed by atoms with Crippen molar-refractivity contribution in [1.29, 1.82) is 0 Å². The highest BCUT2D eigenvalue weighted by Crippen LogP contribution is 2.24. The van der Waals surface area contributed by atoms with Gasteiger partial charge in [0, 0.05) is 0 Å². The highest BCUT2D eigenvalue weighted by Gasteiger charge is 2.14. The second-order valence-electron chi connectivity index (χ2n) is 15.7. The summed E-state index contributed by atoms with van der Waals surface area (Å²) in [4.78, 5) is 38.4. The molecule has 0 saturated heterocycles. The Morgan fingerprint density at radius 2 is 0.694 bits per heavy atom. The summed E-state index contributed by atoms with van der Waals surface area (Å²) in [5.74, 6) is -0.0814. The van der Waals surface area contributed by atoms with E-state index >= 15 is 0 Å². The zero-order chi connectivity index (χ0) is 43.6. The molecule has 0 fully saturated rings. The largest absolute Gasteiger partial charge is 0.494 e. The number of ether oxygens (including phenoxy) is 4. The van der Waals surface area contributed by atoms with Crippen LogP contribution in [0.5, 0.6) is 23.0 Å². The molecule has 326 valence electrons. The minimum absolute atomic E-state index is 0.250. The van der Waals surface area contributed by atoms with Crippen molar-refractivity contribution in [3.8, 4) is 23.0 Å². The van der Waals surface area contributed by atoms with Crippen LogP contribution in [0.4, 0.5) is 11.4 Å². The molecule has 0 N–H and O–H groups in total. The summed E-state index contributed by atoms with van der Waals surface area (Å²) in [6.07, 6.45) is 21.5. The lowest BCUT2D eigenvalue weighted by Gasteiger charge is -2.09. The number of esters is 3. The Balaban J connectivity index is 0.982. The quantitative estimate of drug-likeness (QED) is 0.0224. The number of benzene rings is 5. The Kier molecular flexibility index (Phi) is 20.4. The first-order valence-electron chi connectivity index (χ1n) is 22.6. The average molecular weight is 839 g/mol. The van der Waals surface area contributed by atoms with Gasteiger partial charge in [-0.05, 0) is 134 Å². The molecule has 0 aliphatic rings. The summed E-state index contributed by atoms with van der Waals surface area (Å²) in [5.41, 5.74) is 3.64. The van der Waals surface area contributed by atoms with E-state index in [2.05, 4.69) is 36.2 Å². The summed E-state index contributed by atoms with van der Waals surface area (Å²) in [7, 11) is 0. The summed E-state index contributed by atoms with van der Waals surface area (Å²) in [6.45, 7) is 5.13. The molecule has 0 spiro atoms. The number of unbranched alkanes of at least 4 members (excludes halogenated alkanes) is 14. The van der Waals surface area contributed by atoms with Crippen LogP contribution < -0.4 is 18.9 Å². The second-order valence-corrected chi connectivity index (χ2v) is 15.7. The van der Waals surface area contributed by atoms with Gasteiger partial charge in [-0.15, -0.1) is 0 Å². The van der Waals surface area contributed by atoms with Crippen LogP contribution in [0.15, 0.2) is 132 Å². The number of rotatable bonds is 27. The number of nitrogens with zero attached hydrogens (tertiary/aromatic N) is 2. The lowest BCUT2D eigenvalue weighted by atomic mass is 10.0. The standard InChI is InChI=1S/C53H62N2O7/c1-3-5-7-9-11-12-13-14-16-18-40-59-47-32-22-42(23-33-47)51(56)60-48-34-24-43(25-35-48)52(57)61-49-36-26-44(27-37-49)53(58)62-50-38-30-46(31-39-50)55-54-45-28-20-41(21-29-45)19-17-15-10-8-6-4-2/h20-39H,3-19,40H2,1-2H3. The maximum atomic E-state index is 12.8. The third-order valence-corrected chi connectivity index (χ3v) is 10.5. The van der Waals surface area contributed by atoms with Crippen LogP contribution in [0.1, 0.15) is 153 Å². The zero-order valence-electron chi connectivity index (χ0n) is 36.5. The number of hydrogen-bond acceptors (Lipinski definition) is 9. The molecule has 9 heteroatoms. The molecule has 5 aromatic carbocycles. The number of azo groups is 1. The van der Waals surface area contributed by atoms with E-state index in [-0.39, 0.29) is 22.6 Å². The third-order valence-electron chi connectivity index (χ3n) is 10.5. The molecule has 0 bridgehead atoms. The molecule has 0 saturated carbocycles. The lowest BCUT2D eigenvalue weighted by Crippen LogP contribution is -2.11. The van der Waals surface area contributed by atoms with Crippen LogP contribution in [0, 0.1) is 0 Å². The molecular weight excluding hydrogens is 777 g/mol. The van der Waals surface area contributed by atoms with Crippen LogP contribution in [-0.4, -0.2) is 24.5 Å². The van der Waals surface area contributed by atoms with Gasteiger partial charge in [-0.2, -0.15) is 10.2 Å². The molecule has 0 atom stereocenters. The summed E-state index contributed by atoms with van der Waals surface area (Å²) < 4.78 is 22.4. The van der Waals surface area contributed by atoms with Gasteiger partial charge in [0.15, 0.2) is 0 Å². The first-order chi connectivity index (χ1) is 30.4. The summed E-state index contributed by atoms with van der Waals surface area (Å²) in [6, 6.07) is 34.0. The normalized spacial score (nSPS) is 11.1. The smallest absolute Gasteiger partial charge is 0.343 e. The van der Waals surface area contributed by atoms with E-state index in [0.717, 1.165) is 24.9 Å². The summed E-state index contributed by atoms with van der Waals surface area (Å²) in [5, 5.41) is 8.65. The molecule has 0 radical (unpaired) electrons. The van der Waals surface area contributed by atoms with Crippen LogP contribution in [-0.2, 0) is 6.42 Å². The SMILES string of the molecule is CCCCCCCCCCCCOc1ccc(C(=O)Oc2ccc(C(=O)Oc3ccc(C(=O)Oc4ccc(N=Nc5ccc(CCCCCCCC)cc5)cc4)cc3)cc2)cc1. The van der Waals surface area contributed by atoms with Gasteiger partial charge in [0.05, 0.1) is 34.7 Å². The van der Waals surface area contributed by atoms with Crippen molar-refractivity contribution in [2.24, 2.45) is 10.2 Å². The Bertz CT molecular complexity index is 2090. The second kappa shape index (κ2) is 27.0. The number of aryl methyl sites for hydroxylation is 1. The van der Waals surface area contributed by atoms with Gasteiger partial charge in [-0.25, -0.2) is 14.4 Å². The van der Waals surface area contributed by atoms with E-state index in [4.69, 9.17) is 18.9 Å². The van der Waals surface area contributed by atoms with Gasteiger partial charge in [0.1, 0.15) is 23.0 Å². The fourth-order valence-corrected chi connectivity index (χ4v) is 6.82. The molecule has 62 heavy (non-hydrogen) atoms. The van der Waals surface area contributed by atoms with E-state index in [0.29, 0.717) is 29.4 Å². The van der Waals surface area contributed by atoms with Gasteiger partial charge in [-0.3, -0.25) is 0 Å². The Morgan fingerprint density at radius 1 is 0.371 bits per heavy atom. The fourth-order valence-electron chi connectivity index (χ4n) is 6.82. The van der Waals surface area contributed by atoms with Crippen molar-refractivity contribution in [2.45, 2.75) is 123 Å².